The molecule has 7 nitrogen and oxygen atoms in total. The predicted octanol–water partition coefficient (Wildman–Crippen LogP) is 6.26. The van der Waals surface area contributed by atoms with Crippen molar-refractivity contribution < 1.29 is 28.9 Å². The van der Waals surface area contributed by atoms with Gasteiger partial charge in [0.1, 0.15) is 29.6 Å². The van der Waals surface area contributed by atoms with E-state index in [-0.39, 0.29) is 17.9 Å². The number of likely N-dealkylation sites (tertiary alicyclic amines) is 1. The van der Waals surface area contributed by atoms with E-state index in [4.69, 9.17) is 14.2 Å². The molecule has 0 saturated carbocycles. The maximum absolute atomic E-state index is 13.5. The molecular formula is C35H33NO6. The Kier molecular flexibility index (Phi) is 8.58. The highest BCUT2D eigenvalue weighted by atomic mass is 16.5. The van der Waals surface area contributed by atoms with Crippen LogP contribution in [0.25, 0.3) is 5.76 Å². The first kappa shape index (κ1) is 28.5. The summed E-state index contributed by atoms with van der Waals surface area (Å²) in [7, 11) is 3.15. The van der Waals surface area contributed by atoms with E-state index >= 15 is 0 Å². The number of carbonyl (C=O) groups excluding carboxylic acids is 2. The third-order valence-corrected chi connectivity index (χ3v) is 7.46. The van der Waals surface area contributed by atoms with Gasteiger partial charge in [0.05, 0.1) is 25.8 Å². The normalized spacial score (nSPS) is 16.0. The van der Waals surface area contributed by atoms with Crippen LogP contribution >= 0.6 is 0 Å². The summed E-state index contributed by atoms with van der Waals surface area (Å²) in [5.41, 5.74) is 3.88. The number of methoxy groups -OCH3 is 2. The average molecular weight is 564 g/mol. The summed E-state index contributed by atoms with van der Waals surface area (Å²) in [6.07, 6.45) is 0.509. The number of para-hydroxylation sites is 1. The van der Waals surface area contributed by atoms with Crippen LogP contribution in [0.2, 0.25) is 0 Å². The molecule has 4 aromatic carbocycles. The zero-order chi connectivity index (χ0) is 29.6. The molecule has 0 spiro atoms. The second kappa shape index (κ2) is 12.6. The van der Waals surface area contributed by atoms with E-state index in [0.717, 1.165) is 22.4 Å². The van der Waals surface area contributed by atoms with Crippen molar-refractivity contribution in [3.63, 3.8) is 0 Å². The topological polar surface area (TPSA) is 85.3 Å². The van der Waals surface area contributed by atoms with Gasteiger partial charge in [-0.1, -0.05) is 60.7 Å². The molecule has 1 saturated heterocycles. The number of ether oxygens (including phenoxy) is 3. The highest BCUT2D eigenvalue weighted by Gasteiger charge is 2.46. The Bertz CT molecular complexity index is 1610. The molecule has 0 bridgehead atoms. The Balaban J connectivity index is 1.49. The van der Waals surface area contributed by atoms with E-state index in [0.29, 0.717) is 35.7 Å². The number of benzene rings is 4. The summed E-state index contributed by atoms with van der Waals surface area (Å²) in [6.45, 7) is 2.55. The third kappa shape index (κ3) is 5.86. The number of rotatable bonds is 10. The molecule has 0 aliphatic carbocycles. The van der Waals surface area contributed by atoms with E-state index in [2.05, 4.69) is 0 Å². The fourth-order valence-electron chi connectivity index (χ4n) is 5.22. The van der Waals surface area contributed by atoms with E-state index in [9.17, 15) is 14.7 Å². The number of aliphatic hydroxyl groups is 1. The number of hydrogen-bond donors (Lipinski definition) is 1. The van der Waals surface area contributed by atoms with Crippen molar-refractivity contribution in [3.8, 4) is 17.2 Å². The lowest BCUT2D eigenvalue weighted by Crippen LogP contribution is -2.31. The Morgan fingerprint density at radius 1 is 0.810 bits per heavy atom. The van der Waals surface area contributed by atoms with Crippen LogP contribution in [0.5, 0.6) is 17.2 Å². The molecule has 1 atom stereocenters. The van der Waals surface area contributed by atoms with Crippen molar-refractivity contribution in [3.05, 3.63) is 130 Å². The van der Waals surface area contributed by atoms with Crippen LogP contribution in [0, 0.1) is 6.92 Å². The number of ketones is 1. The molecule has 1 aliphatic heterocycles. The SMILES string of the molecule is COc1ccc(CCN2C(=O)C(=O)/C(=C(/O)c3ccc(OCc4ccccc4)c(C)c3)C2c2ccccc2OC)cc1. The number of nitrogens with zero attached hydrogens (tertiary/aromatic N) is 1. The summed E-state index contributed by atoms with van der Waals surface area (Å²) in [5, 5.41) is 11.6. The van der Waals surface area contributed by atoms with Gasteiger partial charge in [0.2, 0.25) is 0 Å². The number of aliphatic hydroxyl groups excluding tert-OH is 1. The van der Waals surface area contributed by atoms with Crippen molar-refractivity contribution in [1.29, 1.82) is 0 Å². The summed E-state index contributed by atoms with van der Waals surface area (Å²) >= 11 is 0. The Labute approximate surface area is 245 Å². The van der Waals surface area contributed by atoms with Gasteiger partial charge in [-0.05, 0) is 66.4 Å². The van der Waals surface area contributed by atoms with Gasteiger partial charge in [0, 0.05) is 17.7 Å². The molecule has 1 amide bonds. The van der Waals surface area contributed by atoms with Gasteiger partial charge in [0.25, 0.3) is 11.7 Å². The van der Waals surface area contributed by atoms with Crippen LogP contribution in [0.15, 0.2) is 103 Å². The lowest BCUT2D eigenvalue weighted by molar-refractivity contribution is -0.139. The lowest BCUT2D eigenvalue weighted by atomic mass is 9.94. The van der Waals surface area contributed by atoms with Crippen molar-refractivity contribution in [2.75, 3.05) is 20.8 Å². The van der Waals surface area contributed by atoms with Crippen molar-refractivity contribution in [2.45, 2.75) is 26.0 Å². The van der Waals surface area contributed by atoms with Crippen LogP contribution in [0.3, 0.4) is 0 Å². The maximum Gasteiger partial charge on any atom is 0.295 e. The molecule has 1 heterocycles. The molecule has 7 heteroatoms. The van der Waals surface area contributed by atoms with Crippen molar-refractivity contribution in [1.82, 2.24) is 4.90 Å². The largest absolute Gasteiger partial charge is 0.507 e. The van der Waals surface area contributed by atoms with Gasteiger partial charge in [-0.2, -0.15) is 0 Å². The van der Waals surface area contributed by atoms with Gasteiger partial charge >= 0.3 is 0 Å². The van der Waals surface area contributed by atoms with E-state index in [1.54, 1.807) is 38.5 Å². The van der Waals surface area contributed by atoms with Gasteiger partial charge in [-0.15, -0.1) is 0 Å². The molecule has 1 unspecified atom stereocenters. The minimum absolute atomic E-state index is 0.0246. The van der Waals surface area contributed by atoms with Gasteiger partial charge in [-0.25, -0.2) is 0 Å². The van der Waals surface area contributed by atoms with Gasteiger partial charge in [0.15, 0.2) is 0 Å². The van der Waals surface area contributed by atoms with Crippen molar-refractivity contribution in [2.24, 2.45) is 0 Å². The van der Waals surface area contributed by atoms with Crippen LogP contribution < -0.4 is 14.2 Å². The Morgan fingerprint density at radius 2 is 1.52 bits per heavy atom. The highest BCUT2D eigenvalue weighted by molar-refractivity contribution is 6.46. The molecule has 5 rings (SSSR count). The molecule has 1 aliphatic rings. The van der Waals surface area contributed by atoms with Crippen molar-refractivity contribution >= 4 is 17.4 Å². The molecule has 0 aromatic heterocycles. The van der Waals surface area contributed by atoms with Crippen LogP contribution in [0.1, 0.15) is 33.9 Å². The minimum atomic E-state index is -0.825. The smallest absolute Gasteiger partial charge is 0.295 e. The molecule has 1 fully saturated rings. The van der Waals surface area contributed by atoms with Gasteiger partial charge in [-0.3, -0.25) is 9.59 Å². The monoisotopic (exact) mass is 563 g/mol. The number of hydrogen-bond acceptors (Lipinski definition) is 6. The lowest BCUT2D eigenvalue weighted by Gasteiger charge is -2.26. The molecule has 4 aromatic rings. The standard InChI is InChI=1S/C35H33NO6/c1-23-21-26(15-18-29(23)42-22-25-9-5-4-6-10-25)33(37)31-32(28-11-7-8-12-30(28)41-3)36(35(39)34(31)38)20-19-24-13-16-27(40-2)17-14-24/h4-18,21,32,37H,19-20,22H2,1-3H3/b33-31+. The first-order valence-electron chi connectivity index (χ1n) is 13.7. The maximum atomic E-state index is 13.5. The average Bonchev–Trinajstić information content (AvgIpc) is 3.28. The highest BCUT2D eigenvalue weighted by Crippen LogP contribution is 2.43. The second-order valence-corrected chi connectivity index (χ2v) is 10.1. The summed E-state index contributed by atoms with van der Waals surface area (Å²) in [5.74, 6) is 0.275. The zero-order valence-electron chi connectivity index (χ0n) is 23.9. The van der Waals surface area contributed by atoms with Crippen LogP contribution in [0.4, 0.5) is 0 Å². The minimum Gasteiger partial charge on any atom is -0.507 e. The first-order chi connectivity index (χ1) is 20.4. The van der Waals surface area contributed by atoms with Crippen LogP contribution in [-0.2, 0) is 22.6 Å². The number of Topliss-reactive ketones (excluding diaryl/α,β-unsaturated/α-hetero) is 1. The number of carbonyl (C=O) groups is 2. The fraction of sp³-hybridized carbons (Fsp3) is 0.200. The number of aryl methyl sites for hydroxylation is 1. The second-order valence-electron chi connectivity index (χ2n) is 10.1. The van der Waals surface area contributed by atoms with E-state index < -0.39 is 17.7 Å². The summed E-state index contributed by atoms with van der Waals surface area (Å²) in [6, 6.07) is 29.1. The summed E-state index contributed by atoms with van der Waals surface area (Å²) < 4.78 is 16.9. The molecule has 42 heavy (non-hydrogen) atoms. The Morgan fingerprint density at radius 3 is 2.21 bits per heavy atom. The predicted molar refractivity (Wildman–Crippen MR) is 161 cm³/mol. The number of amides is 1. The molecule has 0 radical (unpaired) electrons. The summed E-state index contributed by atoms with van der Waals surface area (Å²) in [4.78, 5) is 28.5. The zero-order valence-corrected chi connectivity index (χ0v) is 23.9. The Hall–Kier alpha value is -5.04. The van der Waals surface area contributed by atoms with Gasteiger partial charge < -0.3 is 24.2 Å². The molecule has 1 N–H and O–H groups in total. The van der Waals surface area contributed by atoms with Crippen LogP contribution in [-0.4, -0.2) is 42.5 Å². The van der Waals surface area contributed by atoms with E-state index in [1.165, 1.54) is 4.90 Å². The third-order valence-electron chi connectivity index (χ3n) is 7.46. The van der Waals surface area contributed by atoms with E-state index in [1.807, 2.05) is 79.7 Å². The first-order valence-corrected chi connectivity index (χ1v) is 13.7. The quantitative estimate of drug-likeness (QED) is 0.139. The molecule has 214 valence electrons. The fourth-order valence-corrected chi connectivity index (χ4v) is 5.22. The molecular weight excluding hydrogens is 530 g/mol.